The summed E-state index contributed by atoms with van der Waals surface area (Å²) in [4.78, 5) is 16.1. The highest BCUT2D eigenvalue weighted by molar-refractivity contribution is 5.74. The van der Waals surface area contributed by atoms with Gasteiger partial charge in [-0.1, -0.05) is 0 Å². The molecule has 0 atom stereocenters. The SMILES string of the molecule is COCCn1ccc2c(nnc3ncnn32)c1=O. The number of nitrogens with zero attached hydrogens (tertiary/aromatic N) is 6. The van der Waals surface area contributed by atoms with Gasteiger partial charge in [-0.3, -0.25) is 4.79 Å². The molecule has 0 aliphatic heterocycles. The van der Waals surface area contributed by atoms with Crippen LogP contribution in [-0.4, -0.2) is 43.1 Å². The van der Waals surface area contributed by atoms with E-state index in [1.54, 1.807) is 19.4 Å². The highest BCUT2D eigenvalue weighted by Crippen LogP contribution is 2.05. The van der Waals surface area contributed by atoms with Crippen molar-refractivity contribution in [3.63, 3.8) is 0 Å². The van der Waals surface area contributed by atoms with Gasteiger partial charge < -0.3 is 9.30 Å². The van der Waals surface area contributed by atoms with Crippen molar-refractivity contribution < 1.29 is 4.74 Å². The van der Waals surface area contributed by atoms with Crippen molar-refractivity contribution in [3.05, 3.63) is 28.9 Å². The summed E-state index contributed by atoms with van der Waals surface area (Å²) < 4.78 is 7.97. The van der Waals surface area contributed by atoms with Crippen LogP contribution in [-0.2, 0) is 11.3 Å². The van der Waals surface area contributed by atoms with Gasteiger partial charge in [0.1, 0.15) is 11.8 Å². The van der Waals surface area contributed by atoms with E-state index < -0.39 is 0 Å². The van der Waals surface area contributed by atoms with Crippen LogP contribution in [0.5, 0.6) is 0 Å². The van der Waals surface area contributed by atoms with Gasteiger partial charge >= 0.3 is 0 Å². The Morgan fingerprint density at radius 3 is 3.11 bits per heavy atom. The Labute approximate surface area is 101 Å². The number of aromatic nitrogens is 6. The van der Waals surface area contributed by atoms with Crippen molar-refractivity contribution in [1.29, 1.82) is 0 Å². The molecule has 3 rings (SSSR count). The Kier molecular flexibility index (Phi) is 2.49. The minimum absolute atomic E-state index is 0.213. The summed E-state index contributed by atoms with van der Waals surface area (Å²) in [5, 5.41) is 11.8. The number of hydrogen-bond donors (Lipinski definition) is 0. The number of rotatable bonds is 3. The summed E-state index contributed by atoms with van der Waals surface area (Å²) in [6, 6.07) is 1.77. The van der Waals surface area contributed by atoms with Crippen molar-refractivity contribution in [2.75, 3.05) is 13.7 Å². The number of fused-ring (bicyclic) bond motifs is 3. The van der Waals surface area contributed by atoms with E-state index in [0.717, 1.165) is 0 Å². The van der Waals surface area contributed by atoms with Gasteiger partial charge in [-0.25, -0.2) is 0 Å². The first-order chi connectivity index (χ1) is 8.81. The molecule has 0 radical (unpaired) electrons. The summed E-state index contributed by atoms with van der Waals surface area (Å²) in [5.74, 6) is 0.372. The highest BCUT2D eigenvalue weighted by Gasteiger charge is 2.09. The van der Waals surface area contributed by atoms with Crippen LogP contribution in [0.4, 0.5) is 0 Å². The molecule has 18 heavy (non-hydrogen) atoms. The Hall–Kier alpha value is -2.35. The van der Waals surface area contributed by atoms with Crippen LogP contribution in [0, 0.1) is 0 Å². The number of ether oxygens (including phenoxy) is 1. The van der Waals surface area contributed by atoms with Crippen LogP contribution < -0.4 is 5.56 Å². The average Bonchev–Trinajstić information content (AvgIpc) is 2.86. The van der Waals surface area contributed by atoms with E-state index in [1.165, 1.54) is 15.4 Å². The first kappa shape index (κ1) is 10.8. The second kappa shape index (κ2) is 4.15. The molecular weight excluding hydrogens is 236 g/mol. The molecule has 0 aromatic carbocycles. The van der Waals surface area contributed by atoms with Crippen molar-refractivity contribution in [3.8, 4) is 0 Å². The largest absolute Gasteiger partial charge is 0.383 e. The summed E-state index contributed by atoms with van der Waals surface area (Å²) in [6.45, 7) is 0.937. The maximum atomic E-state index is 12.1. The van der Waals surface area contributed by atoms with Crippen molar-refractivity contribution in [1.82, 2.24) is 29.4 Å². The van der Waals surface area contributed by atoms with Crippen molar-refractivity contribution in [2.24, 2.45) is 0 Å². The smallest absolute Gasteiger partial charge is 0.280 e. The van der Waals surface area contributed by atoms with E-state index in [1.807, 2.05) is 0 Å². The summed E-state index contributed by atoms with van der Waals surface area (Å²) in [5.41, 5.74) is 0.650. The second-order valence-electron chi connectivity index (χ2n) is 3.71. The molecule has 3 heterocycles. The van der Waals surface area contributed by atoms with Gasteiger partial charge in [-0.05, 0) is 6.07 Å². The molecule has 0 aliphatic rings. The molecular formula is C10H10N6O2. The van der Waals surface area contributed by atoms with Gasteiger partial charge in [-0.2, -0.15) is 14.6 Å². The molecule has 0 N–H and O–H groups in total. The molecule has 0 spiro atoms. The Balaban J connectivity index is 2.25. The third kappa shape index (κ3) is 1.54. The van der Waals surface area contributed by atoms with Gasteiger partial charge in [0.2, 0.25) is 0 Å². The van der Waals surface area contributed by atoms with E-state index in [2.05, 4.69) is 20.3 Å². The molecule has 0 unspecified atom stereocenters. The lowest BCUT2D eigenvalue weighted by molar-refractivity contribution is 0.186. The standard InChI is InChI=1S/C10H10N6O2/c1-18-5-4-15-3-2-7-8(9(15)17)13-14-10-11-6-12-16(7)10/h2-3,6H,4-5H2,1H3. The number of methoxy groups -OCH3 is 1. The fourth-order valence-corrected chi connectivity index (χ4v) is 1.75. The van der Waals surface area contributed by atoms with Gasteiger partial charge in [0, 0.05) is 19.9 Å². The van der Waals surface area contributed by atoms with Crippen LogP contribution in [0.25, 0.3) is 16.8 Å². The third-order valence-electron chi connectivity index (χ3n) is 2.65. The molecule has 0 saturated carbocycles. The van der Waals surface area contributed by atoms with E-state index in [-0.39, 0.29) is 11.1 Å². The van der Waals surface area contributed by atoms with Gasteiger partial charge in [0.15, 0.2) is 5.52 Å². The van der Waals surface area contributed by atoms with Crippen LogP contribution in [0.15, 0.2) is 23.4 Å². The normalized spacial score (nSPS) is 11.4. The minimum Gasteiger partial charge on any atom is -0.383 e. The Bertz CT molecular complexity index is 762. The van der Waals surface area contributed by atoms with Gasteiger partial charge in [0.05, 0.1) is 6.61 Å². The first-order valence-electron chi connectivity index (χ1n) is 5.36. The van der Waals surface area contributed by atoms with E-state index in [0.29, 0.717) is 24.4 Å². The maximum absolute atomic E-state index is 12.1. The topological polar surface area (TPSA) is 87.2 Å². The first-order valence-corrected chi connectivity index (χ1v) is 5.36. The predicted molar refractivity (Wildman–Crippen MR) is 62.2 cm³/mol. The molecule has 3 aromatic heterocycles. The quantitative estimate of drug-likeness (QED) is 0.618. The second-order valence-corrected chi connectivity index (χ2v) is 3.71. The van der Waals surface area contributed by atoms with Gasteiger partial charge in [-0.15, -0.1) is 10.2 Å². The fourth-order valence-electron chi connectivity index (χ4n) is 1.75. The van der Waals surface area contributed by atoms with Crippen LogP contribution in [0.2, 0.25) is 0 Å². The third-order valence-corrected chi connectivity index (χ3v) is 2.65. The van der Waals surface area contributed by atoms with Crippen molar-refractivity contribution >= 4 is 16.8 Å². The zero-order valence-electron chi connectivity index (χ0n) is 9.65. The molecule has 0 bridgehead atoms. The zero-order valence-corrected chi connectivity index (χ0v) is 9.65. The lowest BCUT2D eigenvalue weighted by Crippen LogP contribution is -2.23. The molecule has 92 valence electrons. The summed E-state index contributed by atoms with van der Waals surface area (Å²) >= 11 is 0. The lowest BCUT2D eigenvalue weighted by Gasteiger charge is -2.05. The van der Waals surface area contributed by atoms with E-state index in [9.17, 15) is 4.79 Å². The van der Waals surface area contributed by atoms with Crippen LogP contribution in [0.3, 0.4) is 0 Å². The molecule has 0 saturated heterocycles. The molecule has 8 nitrogen and oxygen atoms in total. The van der Waals surface area contributed by atoms with Crippen LogP contribution in [0.1, 0.15) is 0 Å². The predicted octanol–water partition coefficient (Wildman–Crippen LogP) is -0.519. The average molecular weight is 246 g/mol. The van der Waals surface area contributed by atoms with Crippen molar-refractivity contribution in [2.45, 2.75) is 6.54 Å². The Morgan fingerprint density at radius 2 is 2.28 bits per heavy atom. The zero-order chi connectivity index (χ0) is 12.5. The molecule has 0 amide bonds. The summed E-state index contributed by atoms with van der Waals surface area (Å²) in [6.07, 6.45) is 3.06. The van der Waals surface area contributed by atoms with E-state index >= 15 is 0 Å². The Morgan fingerprint density at radius 1 is 1.39 bits per heavy atom. The van der Waals surface area contributed by atoms with E-state index in [4.69, 9.17) is 4.74 Å². The number of hydrogen-bond acceptors (Lipinski definition) is 6. The highest BCUT2D eigenvalue weighted by atomic mass is 16.5. The van der Waals surface area contributed by atoms with Crippen LogP contribution >= 0.6 is 0 Å². The molecule has 0 aliphatic carbocycles. The minimum atomic E-state index is -0.213. The van der Waals surface area contributed by atoms with Gasteiger partial charge in [0.25, 0.3) is 11.3 Å². The lowest BCUT2D eigenvalue weighted by atomic mass is 10.4. The number of pyridine rings is 1. The molecule has 3 aromatic rings. The molecule has 0 fully saturated rings. The fraction of sp³-hybridized carbons (Fsp3) is 0.300. The maximum Gasteiger partial charge on any atom is 0.280 e. The molecule has 8 heteroatoms. The summed E-state index contributed by atoms with van der Waals surface area (Å²) in [7, 11) is 1.59. The monoisotopic (exact) mass is 246 g/mol.